The predicted octanol–water partition coefficient (Wildman–Crippen LogP) is 4.09. The van der Waals surface area contributed by atoms with Gasteiger partial charge in [-0.1, -0.05) is 31.0 Å². The van der Waals surface area contributed by atoms with Gasteiger partial charge in [-0.3, -0.25) is 0 Å². The average molecular weight is 256 g/mol. The van der Waals surface area contributed by atoms with Crippen LogP contribution in [0.15, 0.2) is 40.8 Å². The lowest BCUT2D eigenvalue weighted by atomic mass is 9.95. The van der Waals surface area contributed by atoms with Crippen molar-refractivity contribution in [3.05, 3.63) is 42.2 Å². The number of aliphatic carboxylic acids is 1. The van der Waals surface area contributed by atoms with Crippen molar-refractivity contribution in [1.82, 2.24) is 0 Å². The summed E-state index contributed by atoms with van der Waals surface area (Å²) in [6.45, 7) is 0. The number of hydrogen-bond donors (Lipinski definition) is 1. The average Bonchev–Trinajstić information content (AvgIpc) is 3.04. The number of allylic oxidation sites excluding steroid dienone is 1. The lowest BCUT2D eigenvalue weighted by Crippen LogP contribution is -2.01. The molecule has 1 saturated carbocycles. The number of benzene rings is 1. The van der Waals surface area contributed by atoms with E-state index in [0.717, 1.165) is 29.4 Å². The van der Waals surface area contributed by atoms with Gasteiger partial charge < -0.3 is 9.52 Å². The van der Waals surface area contributed by atoms with E-state index >= 15 is 0 Å². The van der Waals surface area contributed by atoms with Gasteiger partial charge in [0.15, 0.2) is 0 Å². The number of furan rings is 1. The molecule has 0 spiro atoms. The fraction of sp³-hybridized carbons (Fsp3) is 0.312. The van der Waals surface area contributed by atoms with Crippen LogP contribution < -0.4 is 0 Å². The third kappa shape index (κ3) is 2.41. The molecule has 0 saturated heterocycles. The van der Waals surface area contributed by atoms with Crippen LogP contribution in [0.5, 0.6) is 0 Å². The van der Waals surface area contributed by atoms with Crippen molar-refractivity contribution in [3.8, 4) is 0 Å². The molecule has 0 radical (unpaired) electrons. The molecule has 1 aromatic carbocycles. The van der Waals surface area contributed by atoms with Crippen molar-refractivity contribution >= 4 is 22.5 Å². The second-order valence-electron chi connectivity index (χ2n) is 5.07. The Morgan fingerprint density at radius 3 is 2.68 bits per heavy atom. The largest absolute Gasteiger partial charge is 0.478 e. The molecule has 0 atom stereocenters. The van der Waals surface area contributed by atoms with Crippen LogP contribution in [0.25, 0.3) is 16.5 Å². The molecule has 0 aliphatic heterocycles. The molecule has 1 aliphatic carbocycles. The molecule has 1 fully saturated rings. The second kappa shape index (κ2) is 4.92. The van der Waals surface area contributed by atoms with Crippen molar-refractivity contribution in [3.63, 3.8) is 0 Å². The Bertz CT molecular complexity index is 597. The van der Waals surface area contributed by atoms with E-state index in [-0.39, 0.29) is 0 Å². The molecule has 3 nitrogen and oxygen atoms in total. The summed E-state index contributed by atoms with van der Waals surface area (Å²) in [6, 6.07) is 9.72. The van der Waals surface area contributed by atoms with E-state index < -0.39 is 5.97 Å². The number of hydrogen-bond acceptors (Lipinski definition) is 2. The fourth-order valence-electron chi connectivity index (χ4n) is 2.88. The second-order valence-corrected chi connectivity index (χ2v) is 5.07. The minimum atomic E-state index is -0.901. The minimum absolute atomic E-state index is 0.316. The molecule has 0 bridgehead atoms. The molecular weight excluding hydrogens is 240 g/mol. The highest BCUT2D eigenvalue weighted by atomic mass is 16.4. The molecule has 1 heterocycles. The number of carboxylic acids is 1. The number of carboxylic acid groups (broad SMARTS) is 1. The van der Waals surface area contributed by atoms with Gasteiger partial charge in [0.2, 0.25) is 0 Å². The normalized spacial score (nSPS) is 17.2. The fourth-order valence-corrected chi connectivity index (χ4v) is 2.88. The van der Waals surface area contributed by atoms with Crippen LogP contribution in [-0.2, 0) is 4.79 Å². The van der Waals surface area contributed by atoms with Crippen LogP contribution in [-0.4, -0.2) is 11.1 Å². The van der Waals surface area contributed by atoms with Gasteiger partial charge in [0.1, 0.15) is 11.3 Å². The smallest absolute Gasteiger partial charge is 0.328 e. The Morgan fingerprint density at radius 1 is 1.26 bits per heavy atom. The van der Waals surface area contributed by atoms with E-state index in [2.05, 4.69) is 0 Å². The number of fused-ring (bicyclic) bond motifs is 1. The zero-order valence-corrected chi connectivity index (χ0v) is 10.6. The molecule has 3 heteroatoms. The number of para-hydroxylation sites is 1. The van der Waals surface area contributed by atoms with E-state index in [0.29, 0.717) is 11.7 Å². The van der Waals surface area contributed by atoms with Crippen molar-refractivity contribution in [2.75, 3.05) is 0 Å². The molecule has 3 rings (SSSR count). The van der Waals surface area contributed by atoms with Gasteiger partial charge in [-0.05, 0) is 30.9 Å². The highest BCUT2D eigenvalue weighted by Crippen LogP contribution is 2.38. The van der Waals surface area contributed by atoms with Gasteiger partial charge in [-0.25, -0.2) is 4.79 Å². The van der Waals surface area contributed by atoms with Gasteiger partial charge in [0.05, 0.1) is 0 Å². The molecule has 1 aromatic heterocycles. The highest BCUT2D eigenvalue weighted by molar-refractivity contribution is 5.91. The van der Waals surface area contributed by atoms with E-state index in [1.807, 2.05) is 30.3 Å². The van der Waals surface area contributed by atoms with Crippen molar-refractivity contribution in [2.45, 2.75) is 25.7 Å². The predicted molar refractivity (Wildman–Crippen MR) is 73.8 cm³/mol. The first-order valence-electron chi connectivity index (χ1n) is 6.67. The Hall–Kier alpha value is -2.03. The maximum Gasteiger partial charge on any atom is 0.328 e. The van der Waals surface area contributed by atoms with Gasteiger partial charge in [0, 0.05) is 17.0 Å². The van der Waals surface area contributed by atoms with Crippen molar-refractivity contribution in [1.29, 1.82) is 0 Å². The summed E-state index contributed by atoms with van der Waals surface area (Å²) < 4.78 is 5.81. The molecule has 1 N–H and O–H groups in total. The van der Waals surface area contributed by atoms with Crippen LogP contribution in [0, 0.1) is 5.92 Å². The Morgan fingerprint density at radius 2 is 2.00 bits per heavy atom. The summed E-state index contributed by atoms with van der Waals surface area (Å²) in [5, 5.41) is 10.1. The van der Waals surface area contributed by atoms with Gasteiger partial charge in [-0.2, -0.15) is 0 Å². The molecular formula is C16H16O3. The van der Waals surface area contributed by atoms with Crippen molar-refractivity contribution < 1.29 is 14.3 Å². The zero-order chi connectivity index (χ0) is 13.2. The summed E-state index contributed by atoms with van der Waals surface area (Å²) in [5.41, 5.74) is 1.65. The minimum Gasteiger partial charge on any atom is -0.478 e. The molecule has 1 aliphatic rings. The molecule has 0 unspecified atom stereocenters. The van der Waals surface area contributed by atoms with Crippen LogP contribution in [0.4, 0.5) is 0 Å². The van der Waals surface area contributed by atoms with Crippen molar-refractivity contribution in [2.24, 2.45) is 5.92 Å². The summed E-state index contributed by atoms with van der Waals surface area (Å²) in [6.07, 6.45) is 5.75. The van der Waals surface area contributed by atoms with Gasteiger partial charge in [-0.15, -0.1) is 0 Å². The summed E-state index contributed by atoms with van der Waals surface area (Å²) in [5.74, 6) is 0.120. The maximum atomic E-state index is 11.0. The van der Waals surface area contributed by atoms with Gasteiger partial charge in [0.25, 0.3) is 0 Å². The van der Waals surface area contributed by atoms with E-state index in [9.17, 15) is 4.79 Å². The molecule has 98 valence electrons. The van der Waals surface area contributed by atoms with E-state index in [1.54, 1.807) is 0 Å². The third-order valence-electron chi connectivity index (χ3n) is 3.78. The van der Waals surface area contributed by atoms with Crippen LogP contribution >= 0.6 is 0 Å². The van der Waals surface area contributed by atoms with E-state index in [4.69, 9.17) is 9.52 Å². The SMILES string of the molecule is O=C(O)/C=C(/c1cc2ccccc2o1)C1CCCC1. The Balaban J connectivity index is 2.05. The third-order valence-corrected chi connectivity index (χ3v) is 3.78. The maximum absolute atomic E-state index is 11.0. The Labute approximate surface area is 111 Å². The molecule has 2 aromatic rings. The van der Waals surface area contributed by atoms with Crippen LogP contribution in [0.1, 0.15) is 31.4 Å². The number of carbonyl (C=O) groups is 1. The lowest BCUT2D eigenvalue weighted by Gasteiger charge is -2.11. The first-order chi connectivity index (χ1) is 9.24. The van der Waals surface area contributed by atoms with E-state index in [1.165, 1.54) is 18.9 Å². The van der Waals surface area contributed by atoms with Crippen LogP contribution in [0.3, 0.4) is 0 Å². The first-order valence-corrected chi connectivity index (χ1v) is 6.67. The van der Waals surface area contributed by atoms with Crippen LogP contribution in [0.2, 0.25) is 0 Å². The topological polar surface area (TPSA) is 50.4 Å². The van der Waals surface area contributed by atoms with Gasteiger partial charge >= 0.3 is 5.97 Å². The molecule has 0 amide bonds. The Kier molecular flexibility index (Phi) is 3.11. The zero-order valence-electron chi connectivity index (χ0n) is 10.6. The summed E-state index contributed by atoms with van der Waals surface area (Å²) in [7, 11) is 0. The molecule has 19 heavy (non-hydrogen) atoms. The lowest BCUT2D eigenvalue weighted by molar-refractivity contribution is -0.131. The highest BCUT2D eigenvalue weighted by Gasteiger charge is 2.23. The standard InChI is InChI=1S/C16H16O3/c17-16(18)10-13(11-5-1-2-6-11)15-9-12-7-3-4-8-14(12)19-15/h3-4,7-11H,1-2,5-6H2,(H,17,18)/b13-10+. The summed E-state index contributed by atoms with van der Waals surface area (Å²) >= 11 is 0. The number of rotatable bonds is 3. The monoisotopic (exact) mass is 256 g/mol. The quantitative estimate of drug-likeness (QED) is 0.841. The first kappa shape index (κ1) is 12.0. The summed E-state index contributed by atoms with van der Waals surface area (Å²) in [4.78, 5) is 11.0.